The molecule has 4 aromatic carbocycles. The SMILES string of the molecule is COc1ccc(N(C(=O)O)c2cc3ccc4c5ccccc5[nH]c4c3cc2O)c(C)c1. The summed E-state index contributed by atoms with van der Waals surface area (Å²) >= 11 is 0. The maximum absolute atomic E-state index is 12.2. The van der Waals surface area contributed by atoms with Gasteiger partial charge < -0.3 is 19.9 Å². The first-order valence-corrected chi connectivity index (χ1v) is 9.82. The van der Waals surface area contributed by atoms with Crippen LogP contribution in [0.25, 0.3) is 32.6 Å². The number of methoxy groups -OCH3 is 1. The van der Waals surface area contributed by atoms with E-state index in [1.807, 2.05) is 36.4 Å². The van der Waals surface area contributed by atoms with Crippen LogP contribution in [0.3, 0.4) is 0 Å². The lowest BCUT2D eigenvalue weighted by molar-refractivity contribution is 0.204. The van der Waals surface area contributed by atoms with E-state index in [4.69, 9.17) is 4.74 Å². The number of phenolic OH excluding ortho intramolecular Hbond substituents is 1. The van der Waals surface area contributed by atoms with E-state index in [1.165, 1.54) is 0 Å². The zero-order valence-electron chi connectivity index (χ0n) is 17.0. The van der Waals surface area contributed by atoms with Crippen LogP contribution in [0.4, 0.5) is 16.2 Å². The lowest BCUT2D eigenvalue weighted by atomic mass is 10.0. The Kier molecular flexibility index (Phi) is 4.22. The lowest BCUT2D eigenvalue weighted by Crippen LogP contribution is -2.24. The molecular formula is C25H20N2O4. The van der Waals surface area contributed by atoms with E-state index in [0.29, 0.717) is 17.0 Å². The average molecular weight is 412 g/mol. The summed E-state index contributed by atoms with van der Waals surface area (Å²) in [5, 5.41) is 24.6. The minimum Gasteiger partial charge on any atom is -0.506 e. The van der Waals surface area contributed by atoms with Crippen molar-refractivity contribution in [3.8, 4) is 11.5 Å². The number of rotatable bonds is 3. The molecule has 1 aromatic heterocycles. The van der Waals surface area contributed by atoms with Crippen LogP contribution in [0, 0.1) is 6.92 Å². The smallest absolute Gasteiger partial charge is 0.416 e. The maximum atomic E-state index is 12.2. The number of aromatic hydroxyl groups is 1. The van der Waals surface area contributed by atoms with Gasteiger partial charge in [0.15, 0.2) is 0 Å². The summed E-state index contributed by atoms with van der Waals surface area (Å²) in [5.74, 6) is 0.520. The summed E-state index contributed by atoms with van der Waals surface area (Å²) in [6, 6.07) is 20.4. The highest BCUT2D eigenvalue weighted by molar-refractivity contribution is 6.18. The number of ether oxygens (including phenoxy) is 1. The molecule has 1 heterocycles. The van der Waals surface area contributed by atoms with E-state index in [0.717, 1.165) is 37.5 Å². The minimum atomic E-state index is -1.19. The van der Waals surface area contributed by atoms with E-state index >= 15 is 0 Å². The van der Waals surface area contributed by atoms with Gasteiger partial charge in [-0.25, -0.2) is 9.69 Å². The molecule has 0 atom stereocenters. The molecular weight excluding hydrogens is 392 g/mol. The Labute approximate surface area is 177 Å². The Morgan fingerprint density at radius 1 is 0.935 bits per heavy atom. The number of hydrogen-bond acceptors (Lipinski definition) is 3. The number of anilines is 2. The molecule has 0 fully saturated rings. The number of nitrogens with one attached hydrogen (secondary N) is 1. The van der Waals surface area contributed by atoms with Crippen molar-refractivity contribution in [1.29, 1.82) is 0 Å². The van der Waals surface area contributed by atoms with Gasteiger partial charge in [-0.3, -0.25) is 0 Å². The van der Waals surface area contributed by atoms with Crippen LogP contribution in [-0.4, -0.2) is 28.4 Å². The van der Waals surface area contributed by atoms with Gasteiger partial charge in [0.25, 0.3) is 0 Å². The van der Waals surface area contributed by atoms with E-state index in [2.05, 4.69) is 4.98 Å². The molecule has 0 aliphatic heterocycles. The normalized spacial score (nSPS) is 11.3. The van der Waals surface area contributed by atoms with Gasteiger partial charge in [0.05, 0.1) is 24.0 Å². The molecule has 1 amide bonds. The summed E-state index contributed by atoms with van der Waals surface area (Å²) < 4.78 is 5.22. The Morgan fingerprint density at radius 2 is 1.74 bits per heavy atom. The molecule has 0 radical (unpaired) electrons. The summed E-state index contributed by atoms with van der Waals surface area (Å²) in [4.78, 5) is 16.7. The van der Waals surface area contributed by atoms with Crippen LogP contribution >= 0.6 is 0 Å². The predicted molar refractivity (Wildman–Crippen MR) is 123 cm³/mol. The molecule has 5 rings (SSSR count). The van der Waals surface area contributed by atoms with Gasteiger partial charge in [-0.05, 0) is 54.3 Å². The molecule has 154 valence electrons. The molecule has 5 aromatic rings. The Bertz CT molecular complexity index is 1490. The fraction of sp³-hybridized carbons (Fsp3) is 0.0800. The van der Waals surface area contributed by atoms with Gasteiger partial charge in [-0.15, -0.1) is 0 Å². The van der Waals surface area contributed by atoms with Gasteiger partial charge in [0.2, 0.25) is 0 Å². The number of carbonyl (C=O) groups is 1. The summed E-state index contributed by atoms with van der Waals surface area (Å²) in [6.45, 7) is 1.81. The predicted octanol–water partition coefficient (Wildman–Crippen LogP) is 6.31. The molecule has 31 heavy (non-hydrogen) atoms. The van der Waals surface area contributed by atoms with Crippen molar-refractivity contribution in [2.24, 2.45) is 0 Å². The van der Waals surface area contributed by atoms with Crippen molar-refractivity contribution in [3.05, 3.63) is 72.3 Å². The summed E-state index contributed by atoms with van der Waals surface area (Å²) in [6.07, 6.45) is -1.19. The van der Waals surface area contributed by atoms with Crippen molar-refractivity contribution >= 4 is 50.0 Å². The van der Waals surface area contributed by atoms with Crippen molar-refractivity contribution in [2.45, 2.75) is 6.92 Å². The van der Waals surface area contributed by atoms with Crippen LogP contribution in [0.5, 0.6) is 11.5 Å². The van der Waals surface area contributed by atoms with E-state index in [9.17, 15) is 15.0 Å². The standard InChI is InChI=1S/C25H20N2O4/c1-14-11-16(31-2)8-10-21(14)27(25(29)30)22-12-15-7-9-18-17-5-3-4-6-20(17)26-24(18)19(15)13-23(22)28/h3-13,26,28H,1-2H3,(H,29,30). The number of nitrogens with zero attached hydrogens (tertiary/aromatic N) is 1. The molecule has 0 aliphatic rings. The molecule has 0 saturated heterocycles. The number of carboxylic acid groups (broad SMARTS) is 1. The zero-order valence-corrected chi connectivity index (χ0v) is 17.0. The third-order valence-electron chi connectivity index (χ3n) is 5.67. The van der Waals surface area contributed by atoms with Gasteiger partial charge in [-0.1, -0.05) is 30.3 Å². The largest absolute Gasteiger partial charge is 0.506 e. The monoisotopic (exact) mass is 412 g/mol. The second-order valence-electron chi connectivity index (χ2n) is 7.49. The fourth-order valence-electron chi connectivity index (χ4n) is 4.19. The highest BCUT2D eigenvalue weighted by atomic mass is 16.5. The number of H-pyrrole nitrogens is 1. The Hall–Kier alpha value is -4.19. The molecule has 0 aliphatic carbocycles. The third kappa shape index (κ3) is 2.92. The number of para-hydroxylation sites is 1. The van der Waals surface area contributed by atoms with Crippen molar-refractivity contribution in [1.82, 2.24) is 4.98 Å². The van der Waals surface area contributed by atoms with Crippen LogP contribution in [0.1, 0.15) is 5.56 Å². The number of hydrogen-bond donors (Lipinski definition) is 3. The van der Waals surface area contributed by atoms with Gasteiger partial charge in [-0.2, -0.15) is 0 Å². The molecule has 6 heteroatoms. The van der Waals surface area contributed by atoms with Crippen molar-refractivity contribution < 1.29 is 19.7 Å². The molecule has 0 bridgehead atoms. The highest BCUT2D eigenvalue weighted by Gasteiger charge is 2.23. The second kappa shape index (κ2) is 6.95. The van der Waals surface area contributed by atoms with Crippen LogP contribution < -0.4 is 9.64 Å². The quantitative estimate of drug-likeness (QED) is 0.324. The number of phenols is 1. The number of aromatic nitrogens is 1. The third-order valence-corrected chi connectivity index (χ3v) is 5.67. The van der Waals surface area contributed by atoms with E-state index in [1.54, 1.807) is 44.4 Å². The Balaban J connectivity index is 1.73. The maximum Gasteiger partial charge on any atom is 0.416 e. The number of amides is 1. The molecule has 3 N–H and O–H groups in total. The number of benzene rings is 4. The fourth-order valence-corrected chi connectivity index (χ4v) is 4.19. The first-order valence-electron chi connectivity index (χ1n) is 9.82. The topological polar surface area (TPSA) is 85.8 Å². The lowest BCUT2D eigenvalue weighted by Gasteiger charge is -2.23. The van der Waals surface area contributed by atoms with Crippen LogP contribution in [0.2, 0.25) is 0 Å². The van der Waals surface area contributed by atoms with Gasteiger partial charge in [0.1, 0.15) is 11.5 Å². The Morgan fingerprint density at radius 3 is 2.48 bits per heavy atom. The van der Waals surface area contributed by atoms with Gasteiger partial charge in [0, 0.05) is 21.7 Å². The van der Waals surface area contributed by atoms with Gasteiger partial charge >= 0.3 is 6.09 Å². The first kappa shape index (κ1) is 18.8. The van der Waals surface area contributed by atoms with E-state index in [-0.39, 0.29) is 11.4 Å². The molecule has 0 spiro atoms. The molecule has 6 nitrogen and oxygen atoms in total. The summed E-state index contributed by atoms with van der Waals surface area (Å²) in [5.41, 5.74) is 3.28. The van der Waals surface area contributed by atoms with Crippen LogP contribution in [-0.2, 0) is 0 Å². The molecule has 0 unspecified atom stereocenters. The minimum absolute atomic E-state index is 0.115. The number of aryl methyl sites for hydroxylation is 1. The van der Waals surface area contributed by atoms with Crippen molar-refractivity contribution in [2.75, 3.05) is 12.0 Å². The number of fused-ring (bicyclic) bond motifs is 5. The van der Waals surface area contributed by atoms with Crippen LogP contribution in [0.15, 0.2) is 66.7 Å². The number of aromatic amines is 1. The van der Waals surface area contributed by atoms with E-state index < -0.39 is 6.09 Å². The summed E-state index contributed by atoms with van der Waals surface area (Å²) in [7, 11) is 1.56. The first-order chi connectivity index (χ1) is 15.0. The average Bonchev–Trinajstić information content (AvgIpc) is 3.14. The second-order valence-corrected chi connectivity index (χ2v) is 7.49. The highest BCUT2D eigenvalue weighted by Crippen LogP contribution is 2.41. The van der Waals surface area contributed by atoms with Crippen molar-refractivity contribution in [3.63, 3.8) is 0 Å². The zero-order chi connectivity index (χ0) is 21.7. The molecule has 0 saturated carbocycles.